The van der Waals surface area contributed by atoms with Crippen LogP contribution in [0, 0.1) is 5.82 Å². The summed E-state index contributed by atoms with van der Waals surface area (Å²) in [5.41, 5.74) is -0.846. The number of fused-ring (bicyclic) bond motifs is 1. The van der Waals surface area contributed by atoms with Gasteiger partial charge in [0.05, 0.1) is 12.2 Å². The number of benzene rings is 2. The molecule has 9 heteroatoms. The first-order valence-corrected chi connectivity index (χ1v) is 9.39. The lowest BCUT2D eigenvalue weighted by molar-refractivity contribution is -0.137. The number of nitrogens with zero attached hydrogens (tertiary/aromatic N) is 1. The lowest BCUT2D eigenvalue weighted by Crippen LogP contribution is -2.51. The number of pyridine rings is 1. The highest BCUT2D eigenvalue weighted by molar-refractivity contribution is 5.90. The maximum atomic E-state index is 13.1. The number of halogens is 4. The number of aromatic nitrogens is 1. The molecule has 2 heterocycles. The van der Waals surface area contributed by atoms with Crippen LogP contribution < -0.4 is 15.4 Å². The van der Waals surface area contributed by atoms with Gasteiger partial charge >= 0.3 is 12.2 Å². The molecule has 0 aliphatic carbocycles. The second-order valence-electron chi connectivity index (χ2n) is 7.02. The summed E-state index contributed by atoms with van der Waals surface area (Å²) in [5, 5.41) is 5.47. The molecule has 2 amide bonds. The molecule has 0 saturated heterocycles. The van der Waals surface area contributed by atoms with Gasteiger partial charge in [-0.25, -0.2) is 9.18 Å². The Bertz CT molecular complexity index is 1090. The van der Waals surface area contributed by atoms with Crippen molar-refractivity contribution in [1.82, 2.24) is 10.3 Å². The number of carbonyl (C=O) groups excluding carboxylic acids is 1. The summed E-state index contributed by atoms with van der Waals surface area (Å²) in [7, 11) is 0. The van der Waals surface area contributed by atoms with Crippen LogP contribution in [-0.2, 0) is 11.7 Å². The van der Waals surface area contributed by atoms with E-state index in [9.17, 15) is 22.4 Å². The number of nitrogens with one attached hydrogen (secondary N) is 2. The molecule has 1 aliphatic rings. The second kappa shape index (κ2) is 7.90. The number of alkyl halides is 3. The highest BCUT2D eigenvalue weighted by atomic mass is 19.4. The molecular weight excluding hydrogens is 414 g/mol. The van der Waals surface area contributed by atoms with E-state index in [1.54, 1.807) is 12.1 Å². The third-order valence-corrected chi connectivity index (χ3v) is 5.04. The van der Waals surface area contributed by atoms with Gasteiger partial charge in [0.1, 0.15) is 22.8 Å². The van der Waals surface area contributed by atoms with Crippen molar-refractivity contribution in [2.75, 3.05) is 11.9 Å². The van der Waals surface area contributed by atoms with E-state index < -0.39 is 29.1 Å². The Morgan fingerprint density at radius 1 is 1.03 bits per heavy atom. The minimum absolute atomic E-state index is 0.219. The minimum atomic E-state index is -4.48. The van der Waals surface area contributed by atoms with Crippen molar-refractivity contribution >= 4 is 11.7 Å². The van der Waals surface area contributed by atoms with Gasteiger partial charge in [-0.15, -0.1) is 0 Å². The number of hydrogen-bond acceptors (Lipinski definition) is 3. The smallest absolute Gasteiger partial charge is 0.416 e. The molecule has 0 unspecified atom stereocenters. The number of ether oxygens (including phenoxy) is 1. The van der Waals surface area contributed by atoms with E-state index in [0.29, 0.717) is 22.7 Å². The summed E-state index contributed by atoms with van der Waals surface area (Å²) in [6.07, 6.45) is -2.71. The third kappa shape index (κ3) is 4.16. The Morgan fingerprint density at radius 2 is 1.74 bits per heavy atom. The number of urea groups is 1. The van der Waals surface area contributed by atoms with Gasteiger partial charge in [-0.3, -0.25) is 4.98 Å². The summed E-state index contributed by atoms with van der Waals surface area (Å²) in [6, 6.07) is 12.5. The Kier molecular flexibility index (Phi) is 5.26. The molecule has 4 rings (SSSR count). The lowest BCUT2D eigenvalue weighted by atomic mass is 9.81. The summed E-state index contributed by atoms with van der Waals surface area (Å²) in [5.74, 6) is -0.0227. The van der Waals surface area contributed by atoms with E-state index in [4.69, 9.17) is 4.74 Å². The molecule has 2 aromatic carbocycles. The van der Waals surface area contributed by atoms with E-state index in [1.807, 2.05) is 0 Å². The van der Waals surface area contributed by atoms with Crippen LogP contribution in [-0.4, -0.2) is 17.6 Å². The fraction of sp³-hybridized carbons (Fsp3) is 0.182. The lowest BCUT2D eigenvalue weighted by Gasteiger charge is -2.39. The number of carbonyl (C=O) groups is 1. The molecule has 160 valence electrons. The van der Waals surface area contributed by atoms with Crippen LogP contribution in [0.1, 0.15) is 23.2 Å². The zero-order chi connectivity index (χ0) is 22.1. The molecule has 2 N–H and O–H groups in total. The van der Waals surface area contributed by atoms with Gasteiger partial charge in [0.25, 0.3) is 0 Å². The van der Waals surface area contributed by atoms with Gasteiger partial charge in [0.2, 0.25) is 0 Å². The maximum absolute atomic E-state index is 13.1. The summed E-state index contributed by atoms with van der Waals surface area (Å²) in [4.78, 5) is 17.2. The van der Waals surface area contributed by atoms with Crippen LogP contribution in [0.3, 0.4) is 0 Å². The molecule has 0 bridgehead atoms. The monoisotopic (exact) mass is 431 g/mol. The molecular formula is C22H17F4N3O2. The van der Waals surface area contributed by atoms with Gasteiger partial charge in [0, 0.05) is 18.3 Å². The van der Waals surface area contributed by atoms with Gasteiger partial charge in [0.15, 0.2) is 0 Å². The summed E-state index contributed by atoms with van der Waals surface area (Å²) < 4.78 is 57.9. The molecule has 0 spiro atoms. The van der Waals surface area contributed by atoms with Crippen LogP contribution >= 0.6 is 0 Å². The van der Waals surface area contributed by atoms with Crippen LogP contribution in [0.15, 0.2) is 66.9 Å². The van der Waals surface area contributed by atoms with Crippen molar-refractivity contribution in [1.29, 1.82) is 0 Å². The van der Waals surface area contributed by atoms with Crippen molar-refractivity contribution < 1.29 is 27.1 Å². The first-order valence-electron chi connectivity index (χ1n) is 9.39. The Hall–Kier alpha value is -3.62. The predicted molar refractivity (Wildman–Crippen MR) is 105 cm³/mol. The quantitative estimate of drug-likeness (QED) is 0.568. The molecule has 3 aromatic rings. The Morgan fingerprint density at radius 3 is 2.42 bits per heavy atom. The standard InChI is InChI=1S/C22H17F4N3O2/c23-16-7-9-17(10-8-16)28-20(30)29-21(11-13-31-18-2-1-12-27-19(18)21)14-3-5-15(6-4-14)22(24,25)26/h1-10,12H,11,13H2,(H2,28,29,30)/t21-/m0/s1. The number of amides is 2. The van der Waals surface area contributed by atoms with Crippen molar-refractivity contribution in [2.45, 2.75) is 18.1 Å². The highest BCUT2D eigenvalue weighted by Crippen LogP contribution is 2.41. The largest absolute Gasteiger partial charge is 0.491 e. The number of rotatable bonds is 3. The zero-order valence-corrected chi connectivity index (χ0v) is 16.0. The molecule has 0 fully saturated rings. The maximum Gasteiger partial charge on any atom is 0.416 e. The Balaban J connectivity index is 1.72. The van der Waals surface area contributed by atoms with Gasteiger partial charge in [-0.1, -0.05) is 12.1 Å². The third-order valence-electron chi connectivity index (χ3n) is 5.04. The zero-order valence-electron chi connectivity index (χ0n) is 16.0. The number of anilines is 1. The average Bonchev–Trinajstić information content (AvgIpc) is 2.75. The van der Waals surface area contributed by atoms with Crippen molar-refractivity contribution in [2.24, 2.45) is 0 Å². The van der Waals surface area contributed by atoms with Crippen molar-refractivity contribution in [3.63, 3.8) is 0 Å². The highest BCUT2D eigenvalue weighted by Gasteiger charge is 2.43. The minimum Gasteiger partial charge on any atom is -0.491 e. The fourth-order valence-electron chi connectivity index (χ4n) is 3.57. The topological polar surface area (TPSA) is 63.2 Å². The molecule has 1 aliphatic heterocycles. The molecule has 0 saturated carbocycles. The molecule has 31 heavy (non-hydrogen) atoms. The van der Waals surface area contributed by atoms with E-state index in [1.165, 1.54) is 42.6 Å². The van der Waals surface area contributed by atoms with Crippen molar-refractivity contribution in [3.05, 3.63) is 89.5 Å². The van der Waals surface area contributed by atoms with Crippen LogP contribution in [0.4, 0.5) is 28.0 Å². The van der Waals surface area contributed by atoms with Crippen LogP contribution in [0.5, 0.6) is 5.75 Å². The van der Waals surface area contributed by atoms with Gasteiger partial charge in [-0.2, -0.15) is 13.2 Å². The molecule has 1 atom stereocenters. The second-order valence-corrected chi connectivity index (χ2v) is 7.02. The van der Waals surface area contributed by atoms with E-state index >= 15 is 0 Å². The first kappa shape index (κ1) is 20.6. The van der Waals surface area contributed by atoms with E-state index in [-0.39, 0.29) is 13.0 Å². The SMILES string of the molecule is O=C(Nc1ccc(F)cc1)N[C@]1(c2ccc(C(F)(F)F)cc2)CCOc2cccnc21. The van der Waals surface area contributed by atoms with Crippen LogP contribution in [0.25, 0.3) is 0 Å². The molecule has 1 aromatic heterocycles. The van der Waals surface area contributed by atoms with Gasteiger partial charge in [-0.05, 0) is 54.1 Å². The van der Waals surface area contributed by atoms with E-state index in [2.05, 4.69) is 15.6 Å². The predicted octanol–water partition coefficient (Wildman–Crippen LogP) is 5.09. The normalized spacial score (nSPS) is 17.9. The number of hydrogen-bond donors (Lipinski definition) is 2. The van der Waals surface area contributed by atoms with Gasteiger partial charge < -0.3 is 15.4 Å². The Labute approximate surface area is 175 Å². The van der Waals surface area contributed by atoms with E-state index in [0.717, 1.165) is 12.1 Å². The molecule has 5 nitrogen and oxygen atoms in total. The van der Waals surface area contributed by atoms with Crippen LogP contribution in [0.2, 0.25) is 0 Å². The fourth-order valence-corrected chi connectivity index (χ4v) is 3.57. The average molecular weight is 431 g/mol. The first-order chi connectivity index (χ1) is 14.8. The van der Waals surface area contributed by atoms with Crippen molar-refractivity contribution in [3.8, 4) is 5.75 Å². The molecule has 0 radical (unpaired) electrons. The summed E-state index contributed by atoms with van der Waals surface area (Å²) >= 11 is 0. The summed E-state index contributed by atoms with van der Waals surface area (Å²) in [6.45, 7) is 0.219.